The molecule has 0 spiro atoms. The molecule has 2 rings (SSSR count). The fourth-order valence-electron chi connectivity index (χ4n) is 3.72. The lowest BCUT2D eigenvalue weighted by Gasteiger charge is -2.36. The Morgan fingerprint density at radius 2 is 1.79 bits per heavy atom. The molecule has 0 radical (unpaired) electrons. The highest BCUT2D eigenvalue weighted by Crippen LogP contribution is 2.31. The van der Waals surface area contributed by atoms with E-state index in [2.05, 4.69) is 23.7 Å². The molecule has 1 heteroatoms. The fourth-order valence-corrected chi connectivity index (χ4v) is 3.72. The molecule has 0 bridgehead atoms. The van der Waals surface area contributed by atoms with Crippen molar-refractivity contribution in [2.75, 3.05) is 6.54 Å². The lowest BCUT2D eigenvalue weighted by Crippen LogP contribution is -2.42. The molecule has 1 nitrogen and oxygen atoms in total. The van der Waals surface area contributed by atoms with E-state index in [4.69, 9.17) is 0 Å². The van der Waals surface area contributed by atoms with Crippen molar-refractivity contribution in [3.63, 3.8) is 0 Å². The van der Waals surface area contributed by atoms with Crippen LogP contribution in [0.15, 0.2) is 0 Å². The summed E-state index contributed by atoms with van der Waals surface area (Å²) in [7, 11) is 0. The Labute approximate surface area is 120 Å². The Bertz CT molecular complexity index is 299. The molecule has 2 heterocycles. The molecule has 0 unspecified atom stereocenters. The van der Waals surface area contributed by atoms with Crippen molar-refractivity contribution in [3.05, 3.63) is 0 Å². The highest BCUT2D eigenvalue weighted by atomic mass is 15.2. The van der Waals surface area contributed by atoms with E-state index in [-0.39, 0.29) is 0 Å². The summed E-state index contributed by atoms with van der Waals surface area (Å²) in [5.41, 5.74) is 0. The van der Waals surface area contributed by atoms with Gasteiger partial charge in [0.25, 0.3) is 0 Å². The van der Waals surface area contributed by atoms with Gasteiger partial charge in [-0.15, -0.1) is 11.8 Å². The van der Waals surface area contributed by atoms with Crippen LogP contribution in [0.5, 0.6) is 0 Å². The van der Waals surface area contributed by atoms with Gasteiger partial charge in [-0.25, -0.2) is 0 Å². The average Bonchev–Trinajstić information content (AvgIpc) is 2.91. The molecule has 0 aromatic heterocycles. The molecule has 2 fully saturated rings. The molecule has 2 aliphatic rings. The van der Waals surface area contributed by atoms with E-state index in [0.29, 0.717) is 0 Å². The minimum absolute atomic E-state index is 0.786. The Morgan fingerprint density at radius 1 is 0.947 bits per heavy atom. The van der Waals surface area contributed by atoms with Crippen molar-refractivity contribution in [3.8, 4) is 11.8 Å². The third-order valence-electron chi connectivity index (χ3n) is 4.83. The highest BCUT2D eigenvalue weighted by Gasteiger charge is 2.32. The zero-order chi connectivity index (χ0) is 13.3. The lowest BCUT2D eigenvalue weighted by molar-refractivity contribution is 0.126. The molecule has 0 saturated carbocycles. The van der Waals surface area contributed by atoms with Gasteiger partial charge in [0.05, 0.1) is 0 Å². The monoisotopic (exact) mass is 261 g/mol. The van der Waals surface area contributed by atoms with E-state index >= 15 is 0 Å². The van der Waals surface area contributed by atoms with Crippen LogP contribution in [-0.2, 0) is 0 Å². The maximum absolute atomic E-state index is 3.47. The lowest BCUT2D eigenvalue weighted by atomic mass is 9.95. The Hall–Kier alpha value is -0.480. The van der Waals surface area contributed by atoms with Gasteiger partial charge in [0.15, 0.2) is 0 Å². The molecule has 0 aromatic carbocycles. The molecular formula is C18H31N. The molecular weight excluding hydrogens is 230 g/mol. The zero-order valence-electron chi connectivity index (χ0n) is 12.8. The maximum Gasteiger partial charge on any atom is 0.0245 e. The zero-order valence-corrected chi connectivity index (χ0v) is 12.8. The van der Waals surface area contributed by atoms with Gasteiger partial charge in [0.1, 0.15) is 0 Å². The quantitative estimate of drug-likeness (QED) is 0.492. The maximum atomic E-state index is 3.47. The second-order valence-electron chi connectivity index (χ2n) is 6.34. The second kappa shape index (κ2) is 8.64. The first kappa shape index (κ1) is 14.9. The smallest absolute Gasteiger partial charge is 0.0245 e. The molecule has 0 aromatic rings. The summed E-state index contributed by atoms with van der Waals surface area (Å²) < 4.78 is 0. The van der Waals surface area contributed by atoms with E-state index < -0.39 is 0 Å². The molecule has 2 saturated heterocycles. The Morgan fingerprint density at radius 3 is 2.68 bits per heavy atom. The van der Waals surface area contributed by atoms with Crippen LogP contribution in [0.1, 0.15) is 84.0 Å². The Kier molecular flexibility index (Phi) is 6.79. The number of piperidine rings is 1. The number of fused-ring (bicyclic) bond motifs is 1. The normalized spacial score (nSPS) is 26.8. The Balaban J connectivity index is 1.59. The molecule has 108 valence electrons. The molecule has 0 aliphatic carbocycles. The van der Waals surface area contributed by atoms with E-state index in [1.807, 2.05) is 0 Å². The summed E-state index contributed by atoms with van der Waals surface area (Å²) in [6, 6.07) is 1.70. The predicted octanol–water partition coefficient (Wildman–Crippen LogP) is 4.76. The molecule has 19 heavy (non-hydrogen) atoms. The van der Waals surface area contributed by atoms with Crippen molar-refractivity contribution in [2.45, 2.75) is 96.1 Å². The number of hydrogen-bond acceptors (Lipinski definition) is 1. The highest BCUT2D eigenvalue weighted by molar-refractivity contribution is 5.03. The van der Waals surface area contributed by atoms with Crippen molar-refractivity contribution >= 4 is 0 Å². The standard InChI is InChI=1S/C18H31N/c1-2-3-4-5-6-7-8-9-12-17-13-10-14-18-15-11-16-19(17)18/h17-18H,2-7,10-16H2,1H3/t17-,18+/m1/s1. The van der Waals surface area contributed by atoms with Crippen molar-refractivity contribution in [1.82, 2.24) is 4.90 Å². The van der Waals surface area contributed by atoms with Crippen LogP contribution in [0.3, 0.4) is 0 Å². The van der Waals surface area contributed by atoms with Crippen LogP contribution >= 0.6 is 0 Å². The van der Waals surface area contributed by atoms with Gasteiger partial charge < -0.3 is 0 Å². The summed E-state index contributed by atoms with van der Waals surface area (Å²) in [6.07, 6.45) is 16.2. The van der Waals surface area contributed by atoms with Gasteiger partial charge in [-0.1, -0.05) is 39.0 Å². The number of hydrogen-bond donors (Lipinski definition) is 0. The van der Waals surface area contributed by atoms with Gasteiger partial charge >= 0.3 is 0 Å². The molecule has 0 N–H and O–H groups in total. The van der Waals surface area contributed by atoms with Gasteiger partial charge in [-0.3, -0.25) is 4.90 Å². The first-order chi connectivity index (χ1) is 9.42. The van der Waals surface area contributed by atoms with Crippen LogP contribution in [-0.4, -0.2) is 23.5 Å². The molecule has 0 amide bonds. The van der Waals surface area contributed by atoms with Gasteiger partial charge in [-0.05, 0) is 38.6 Å². The first-order valence-electron chi connectivity index (χ1n) is 8.63. The van der Waals surface area contributed by atoms with Gasteiger partial charge in [0, 0.05) is 24.9 Å². The molecule has 2 aliphatic heterocycles. The minimum Gasteiger partial charge on any atom is -0.296 e. The van der Waals surface area contributed by atoms with Gasteiger partial charge in [-0.2, -0.15) is 0 Å². The third kappa shape index (κ3) is 4.84. The number of unbranched alkanes of at least 4 members (excludes halogenated alkanes) is 5. The van der Waals surface area contributed by atoms with Crippen LogP contribution < -0.4 is 0 Å². The first-order valence-corrected chi connectivity index (χ1v) is 8.63. The van der Waals surface area contributed by atoms with Crippen LogP contribution in [0.25, 0.3) is 0 Å². The second-order valence-corrected chi connectivity index (χ2v) is 6.34. The third-order valence-corrected chi connectivity index (χ3v) is 4.83. The van der Waals surface area contributed by atoms with Crippen LogP contribution in [0, 0.1) is 11.8 Å². The summed E-state index contributed by atoms with van der Waals surface area (Å²) in [4.78, 5) is 2.76. The average molecular weight is 261 g/mol. The summed E-state index contributed by atoms with van der Waals surface area (Å²) >= 11 is 0. The summed E-state index contributed by atoms with van der Waals surface area (Å²) in [5.74, 6) is 6.88. The fraction of sp³-hybridized carbons (Fsp3) is 0.889. The van der Waals surface area contributed by atoms with E-state index in [1.165, 1.54) is 70.8 Å². The minimum atomic E-state index is 0.786. The van der Waals surface area contributed by atoms with Crippen molar-refractivity contribution in [1.29, 1.82) is 0 Å². The van der Waals surface area contributed by atoms with Gasteiger partial charge in [0.2, 0.25) is 0 Å². The molecule has 2 atom stereocenters. The van der Waals surface area contributed by atoms with E-state index in [0.717, 1.165) is 24.9 Å². The summed E-state index contributed by atoms with van der Waals surface area (Å²) in [5, 5.41) is 0. The summed E-state index contributed by atoms with van der Waals surface area (Å²) in [6.45, 7) is 3.61. The van der Waals surface area contributed by atoms with Crippen molar-refractivity contribution < 1.29 is 0 Å². The SMILES string of the molecule is CCCCCCCC#CC[C@@H]1CCC[C@H]2CCCN21. The largest absolute Gasteiger partial charge is 0.296 e. The van der Waals surface area contributed by atoms with Crippen LogP contribution in [0.4, 0.5) is 0 Å². The number of rotatable bonds is 6. The van der Waals surface area contributed by atoms with E-state index in [9.17, 15) is 0 Å². The van der Waals surface area contributed by atoms with Crippen LogP contribution in [0.2, 0.25) is 0 Å². The van der Waals surface area contributed by atoms with E-state index in [1.54, 1.807) is 0 Å². The topological polar surface area (TPSA) is 3.24 Å². The van der Waals surface area contributed by atoms with Crippen molar-refractivity contribution in [2.24, 2.45) is 0 Å². The predicted molar refractivity (Wildman–Crippen MR) is 83.1 cm³/mol. The number of nitrogens with zero attached hydrogens (tertiary/aromatic N) is 1.